The van der Waals surface area contributed by atoms with Crippen LogP contribution >= 0.6 is 0 Å². The van der Waals surface area contributed by atoms with Gasteiger partial charge in [-0.05, 0) is 42.0 Å². The number of benzene rings is 1. The minimum atomic E-state index is -0.264. The first-order valence-corrected chi connectivity index (χ1v) is 9.52. The van der Waals surface area contributed by atoms with Crippen LogP contribution in [0.5, 0.6) is 0 Å². The van der Waals surface area contributed by atoms with Crippen molar-refractivity contribution in [2.45, 2.75) is 19.8 Å². The Kier molecular flexibility index (Phi) is 4.55. The lowest BCUT2D eigenvalue weighted by atomic mass is 9.99. The summed E-state index contributed by atoms with van der Waals surface area (Å²) in [5.74, 6) is -0.240. The molecule has 146 valence electrons. The lowest BCUT2D eigenvalue weighted by Crippen LogP contribution is -2.18. The largest absolute Gasteiger partial charge is 0.398 e. The van der Waals surface area contributed by atoms with Crippen molar-refractivity contribution in [3.63, 3.8) is 0 Å². The van der Waals surface area contributed by atoms with Crippen molar-refractivity contribution in [1.82, 2.24) is 9.55 Å². The van der Waals surface area contributed by atoms with E-state index in [-0.39, 0.29) is 23.3 Å². The molecule has 2 aromatic heterocycles. The molecule has 0 radical (unpaired) electrons. The number of rotatable bonds is 4. The Bertz CT molecular complexity index is 1240. The van der Waals surface area contributed by atoms with Gasteiger partial charge in [-0.2, -0.15) is 5.26 Å². The number of carbonyl (C=O) groups is 1. The van der Waals surface area contributed by atoms with Gasteiger partial charge in [-0.1, -0.05) is 13.0 Å². The Balaban J connectivity index is 1.77. The molecule has 3 N–H and O–H groups in total. The van der Waals surface area contributed by atoms with Gasteiger partial charge in [0, 0.05) is 35.9 Å². The van der Waals surface area contributed by atoms with E-state index in [1.54, 1.807) is 29.9 Å². The molecule has 7 heteroatoms. The quantitative estimate of drug-likeness (QED) is 0.668. The highest BCUT2D eigenvalue weighted by atomic mass is 16.2. The van der Waals surface area contributed by atoms with Crippen LogP contribution in [0.4, 0.5) is 11.5 Å². The molecule has 0 aliphatic heterocycles. The van der Waals surface area contributed by atoms with E-state index in [4.69, 9.17) is 11.0 Å². The number of nitrogens with one attached hydrogen (secondary N) is 1. The molecule has 0 saturated heterocycles. The van der Waals surface area contributed by atoms with Crippen molar-refractivity contribution in [3.8, 4) is 17.3 Å². The number of aryl methyl sites for hydroxylation is 1. The summed E-state index contributed by atoms with van der Waals surface area (Å²) in [7, 11) is 1.75. The number of anilines is 2. The summed E-state index contributed by atoms with van der Waals surface area (Å²) in [6.07, 6.45) is 3.00. The summed E-state index contributed by atoms with van der Waals surface area (Å²) in [5, 5.41) is 13.3. The third-order valence-electron chi connectivity index (χ3n) is 5.46. The molecule has 2 heterocycles. The number of aromatic nitrogens is 2. The number of fused-ring (bicyclic) bond motifs is 1. The van der Waals surface area contributed by atoms with Crippen LogP contribution in [0, 0.1) is 23.2 Å². The van der Waals surface area contributed by atoms with Crippen molar-refractivity contribution in [1.29, 1.82) is 5.26 Å². The first kappa shape index (κ1) is 18.7. The number of pyridine rings is 2. The molecule has 29 heavy (non-hydrogen) atoms. The normalized spacial score (nSPS) is 17.7. The molecule has 1 aromatic carbocycles. The third-order valence-corrected chi connectivity index (χ3v) is 5.46. The van der Waals surface area contributed by atoms with Crippen molar-refractivity contribution < 1.29 is 4.79 Å². The Morgan fingerprint density at radius 1 is 1.38 bits per heavy atom. The van der Waals surface area contributed by atoms with Gasteiger partial charge in [0.15, 0.2) is 0 Å². The van der Waals surface area contributed by atoms with Gasteiger partial charge in [-0.15, -0.1) is 0 Å². The fourth-order valence-corrected chi connectivity index (χ4v) is 3.69. The van der Waals surface area contributed by atoms with E-state index in [9.17, 15) is 9.59 Å². The van der Waals surface area contributed by atoms with Gasteiger partial charge in [0.25, 0.3) is 5.56 Å². The van der Waals surface area contributed by atoms with Crippen LogP contribution in [0.25, 0.3) is 22.0 Å². The van der Waals surface area contributed by atoms with Crippen LogP contribution < -0.4 is 16.6 Å². The standard InChI is InChI=1S/C22H21N5O2/c1-3-12-4-5-20(28)27(2)21(12)14-6-13-9-19(25-11-17(13)18(24)8-14)26-22(29)16-7-15(16)10-23/h4-6,8-9,11,15-16H,3,7,24H2,1-2H3,(H,25,26,29)/t15-,16+/m1/s1. The Labute approximate surface area is 167 Å². The molecule has 1 saturated carbocycles. The van der Waals surface area contributed by atoms with Crippen molar-refractivity contribution >= 4 is 28.2 Å². The van der Waals surface area contributed by atoms with Crippen molar-refractivity contribution in [2.75, 3.05) is 11.1 Å². The molecule has 0 unspecified atom stereocenters. The average Bonchev–Trinajstić information content (AvgIpc) is 3.49. The zero-order valence-corrected chi connectivity index (χ0v) is 16.3. The van der Waals surface area contributed by atoms with Crippen LogP contribution in [-0.2, 0) is 18.3 Å². The lowest BCUT2D eigenvalue weighted by Gasteiger charge is -2.15. The summed E-state index contributed by atoms with van der Waals surface area (Å²) >= 11 is 0. The van der Waals surface area contributed by atoms with Crippen LogP contribution in [0.15, 0.2) is 41.3 Å². The van der Waals surface area contributed by atoms with Gasteiger partial charge in [0.2, 0.25) is 5.91 Å². The zero-order valence-electron chi connectivity index (χ0n) is 16.3. The highest BCUT2D eigenvalue weighted by molar-refractivity contribution is 6.00. The highest BCUT2D eigenvalue weighted by Gasteiger charge is 2.43. The molecule has 0 bridgehead atoms. The van der Waals surface area contributed by atoms with Gasteiger partial charge >= 0.3 is 0 Å². The lowest BCUT2D eigenvalue weighted by molar-refractivity contribution is -0.117. The molecule has 0 spiro atoms. The summed E-state index contributed by atoms with van der Waals surface area (Å²) in [5.41, 5.74) is 9.44. The molecular formula is C22H21N5O2. The second-order valence-electron chi connectivity index (χ2n) is 7.38. The number of amides is 1. The third kappa shape index (κ3) is 3.34. The van der Waals surface area contributed by atoms with Crippen LogP contribution in [0.1, 0.15) is 18.9 Å². The number of nitrogens with zero attached hydrogens (tertiary/aromatic N) is 3. The Morgan fingerprint density at radius 3 is 2.86 bits per heavy atom. The Morgan fingerprint density at radius 2 is 2.17 bits per heavy atom. The van der Waals surface area contributed by atoms with E-state index in [1.807, 2.05) is 25.1 Å². The predicted molar refractivity (Wildman–Crippen MR) is 112 cm³/mol. The minimum Gasteiger partial charge on any atom is -0.398 e. The van der Waals surface area contributed by atoms with Gasteiger partial charge in [-0.25, -0.2) is 4.98 Å². The molecule has 3 aromatic rings. The van der Waals surface area contributed by atoms with Crippen LogP contribution in [-0.4, -0.2) is 15.5 Å². The van der Waals surface area contributed by atoms with Gasteiger partial charge in [0.05, 0.1) is 23.6 Å². The fourth-order valence-electron chi connectivity index (χ4n) is 3.69. The second-order valence-corrected chi connectivity index (χ2v) is 7.38. The maximum Gasteiger partial charge on any atom is 0.250 e. The van der Waals surface area contributed by atoms with Crippen molar-refractivity contribution in [2.24, 2.45) is 18.9 Å². The molecule has 2 atom stereocenters. The molecule has 7 nitrogen and oxygen atoms in total. The van der Waals surface area contributed by atoms with Gasteiger partial charge < -0.3 is 15.6 Å². The maximum atomic E-state index is 12.2. The average molecular weight is 387 g/mol. The topological polar surface area (TPSA) is 114 Å². The number of nitrogens with two attached hydrogens (primary N) is 1. The highest BCUT2D eigenvalue weighted by Crippen LogP contribution is 2.38. The molecule has 1 fully saturated rings. The number of nitrogen functional groups attached to an aromatic ring is 1. The second kappa shape index (κ2) is 7.06. The van der Waals surface area contributed by atoms with Crippen LogP contribution in [0.3, 0.4) is 0 Å². The molecule has 1 aliphatic carbocycles. The van der Waals surface area contributed by atoms with E-state index >= 15 is 0 Å². The zero-order chi connectivity index (χ0) is 20.7. The number of carbonyl (C=O) groups excluding carboxylic acids is 1. The SMILES string of the molecule is CCc1ccc(=O)n(C)c1-c1cc(N)c2cnc(NC(=O)[C@H]3C[C@@H]3C#N)cc2c1. The van der Waals surface area contributed by atoms with Gasteiger partial charge in [-0.3, -0.25) is 9.59 Å². The Hall–Kier alpha value is -3.66. The number of hydrogen-bond acceptors (Lipinski definition) is 5. The fraction of sp³-hybridized carbons (Fsp3) is 0.273. The van der Waals surface area contributed by atoms with E-state index in [0.717, 1.165) is 34.0 Å². The summed E-state index contributed by atoms with van der Waals surface area (Å²) < 4.78 is 1.62. The van der Waals surface area contributed by atoms with E-state index in [1.165, 1.54) is 0 Å². The maximum absolute atomic E-state index is 12.2. The van der Waals surface area contributed by atoms with E-state index in [0.29, 0.717) is 17.9 Å². The van der Waals surface area contributed by atoms with Crippen molar-refractivity contribution in [3.05, 3.63) is 52.4 Å². The molecule has 4 rings (SSSR count). The molecule has 1 aliphatic rings. The summed E-state index contributed by atoms with van der Waals surface area (Å²) in [6.45, 7) is 2.04. The smallest absolute Gasteiger partial charge is 0.250 e. The monoisotopic (exact) mass is 387 g/mol. The van der Waals surface area contributed by atoms with E-state index < -0.39 is 0 Å². The molecule has 1 amide bonds. The molecular weight excluding hydrogens is 366 g/mol. The predicted octanol–water partition coefficient (Wildman–Crippen LogP) is 2.84. The first-order chi connectivity index (χ1) is 13.9. The van der Waals surface area contributed by atoms with Crippen LogP contribution in [0.2, 0.25) is 0 Å². The minimum absolute atomic E-state index is 0.0879. The van der Waals surface area contributed by atoms with E-state index in [2.05, 4.69) is 16.4 Å². The number of hydrogen-bond donors (Lipinski definition) is 2. The van der Waals surface area contributed by atoms with Gasteiger partial charge in [0.1, 0.15) is 5.82 Å². The number of nitriles is 1. The summed E-state index contributed by atoms with van der Waals surface area (Å²) in [6, 6.07) is 11.1. The summed E-state index contributed by atoms with van der Waals surface area (Å²) in [4.78, 5) is 28.7. The first-order valence-electron chi connectivity index (χ1n) is 9.52.